The second-order valence-corrected chi connectivity index (χ2v) is 5.07. The second kappa shape index (κ2) is 4.32. The van der Waals surface area contributed by atoms with Gasteiger partial charge in [-0.25, -0.2) is 4.79 Å². The zero-order chi connectivity index (χ0) is 11.6. The van der Waals surface area contributed by atoms with Crippen LogP contribution in [0, 0.1) is 0 Å². The Hall–Kier alpha value is -0.880. The molecule has 0 aromatic carbocycles. The predicted octanol–water partition coefficient (Wildman–Crippen LogP) is -0.216. The van der Waals surface area contributed by atoms with E-state index in [1.54, 1.807) is 6.20 Å². The monoisotopic (exact) mass is 232 g/mol. The first kappa shape index (κ1) is 12.2. The average molecular weight is 232 g/mol. The van der Waals surface area contributed by atoms with Gasteiger partial charge in [0.15, 0.2) is 6.04 Å². The molecule has 0 aromatic rings. The molecular formula is C9H18N3O2S+. The fourth-order valence-corrected chi connectivity index (χ4v) is 1.70. The first-order chi connectivity index (χ1) is 6.80. The lowest BCUT2D eigenvalue weighted by molar-refractivity contribution is -0.887. The molecule has 0 radical (unpaired) electrons. The van der Waals surface area contributed by atoms with Gasteiger partial charge in [-0.15, -0.1) is 12.6 Å². The SMILES string of the molecule is C[N+](C)(C)C(CC1=CN[C@H](S)N1)C(=O)O. The maximum Gasteiger partial charge on any atom is 0.362 e. The summed E-state index contributed by atoms with van der Waals surface area (Å²) in [5, 5.41) is 15.1. The van der Waals surface area contributed by atoms with Crippen LogP contribution in [-0.4, -0.2) is 48.2 Å². The van der Waals surface area contributed by atoms with E-state index in [1.807, 2.05) is 21.1 Å². The molecule has 15 heavy (non-hydrogen) atoms. The number of carbonyl (C=O) groups is 1. The first-order valence-corrected chi connectivity index (χ1v) is 5.26. The Kier molecular flexibility index (Phi) is 3.51. The largest absolute Gasteiger partial charge is 0.477 e. The van der Waals surface area contributed by atoms with E-state index < -0.39 is 12.0 Å². The van der Waals surface area contributed by atoms with Crippen LogP contribution in [-0.2, 0) is 4.79 Å². The van der Waals surface area contributed by atoms with E-state index in [0.717, 1.165) is 5.70 Å². The smallest absolute Gasteiger partial charge is 0.362 e. The van der Waals surface area contributed by atoms with E-state index in [4.69, 9.17) is 5.11 Å². The van der Waals surface area contributed by atoms with Crippen molar-refractivity contribution in [1.82, 2.24) is 10.6 Å². The zero-order valence-corrected chi connectivity index (χ0v) is 10.1. The first-order valence-electron chi connectivity index (χ1n) is 4.74. The number of carboxylic acid groups (broad SMARTS) is 1. The van der Waals surface area contributed by atoms with Crippen LogP contribution in [0.4, 0.5) is 0 Å². The van der Waals surface area contributed by atoms with Crippen molar-refractivity contribution in [3.63, 3.8) is 0 Å². The van der Waals surface area contributed by atoms with Crippen molar-refractivity contribution in [2.75, 3.05) is 21.1 Å². The Labute approximate surface area is 95.1 Å². The van der Waals surface area contributed by atoms with Crippen LogP contribution < -0.4 is 10.6 Å². The minimum Gasteiger partial charge on any atom is -0.477 e. The van der Waals surface area contributed by atoms with E-state index in [1.165, 1.54) is 0 Å². The fourth-order valence-electron chi connectivity index (χ4n) is 1.46. The molecule has 1 aliphatic heterocycles. The number of nitrogens with one attached hydrogen (secondary N) is 2. The summed E-state index contributed by atoms with van der Waals surface area (Å²) in [5.74, 6) is -0.784. The molecule has 86 valence electrons. The molecule has 3 N–H and O–H groups in total. The highest BCUT2D eigenvalue weighted by Gasteiger charge is 2.33. The highest BCUT2D eigenvalue weighted by Crippen LogP contribution is 2.15. The van der Waals surface area contributed by atoms with Crippen molar-refractivity contribution in [1.29, 1.82) is 0 Å². The summed E-state index contributed by atoms with van der Waals surface area (Å²) in [6.45, 7) is 0. The molecule has 0 fully saturated rings. The summed E-state index contributed by atoms with van der Waals surface area (Å²) in [4.78, 5) is 11.1. The third-order valence-electron chi connectivity index (χ3n) is 2.37. The third kappa shape index (κ3) is 3.32. The van der Waals surface area contributed by atoms with Crippen LogP contribution in [0.15, 0.2) is 11.9 Å². The van der Waals surface area contributed by atoms with Crippen LogP contribution in [0.1, 0.15) is 6.42 Å². The van der Waals surface area contributed by atoms with Crippen molar-refractivity contribution in [3.8, 4) is 0 Å². The Morgan fingerprint density at radius 3 is 2.60 bits per heavy atom. The van der Waals surface area contributed by atoms with Gasteiger partial charge in [0, 0.05) is 11.9 Å². The van der Waals surface area contributed by atoms with E-state index in [2.05, 4.69) is 23.3 Å². The van der Waals surface area contributed by atoms with E-state index in [0.29, 0.717) is 10.9 Å². The van der Waals surface area contributed by atoms with Gasteiger partial charge in [0.25, 0.3) is 0 Å². The van der Waals surface area contributed by atoms with Crippen molar-refractivity contribution >= 4 is 18.6 Å². The van der Waals surface area contributed by atoms with E-state index in [9.17, 15) is 4.79 Å². The molecule has 5 nitrogen and oxygen atoms in total. The highest BCUT2D eigenvalue weighted by atomic mass is 32.1. The van der Waals surface area contributed by atoms with Gasteiger partial charge in [-0.1, -0.05) is 0 Å². The van der Waals surface area contributed by atoms with Crippen molar-refractivity contribution in [2.45, 2.75) is 18.0 Å². The van der Waals surface area contributed by atoms with Gasteiger partial charge in [0.05, 0.1) is 27.6 Å². The predicted molar refractivity (Wildman–Crippen MR) is 61.2 cm³/mol. The quantitative estimate of drug-likeness (QED) is 0.400. The van der Waals surface area contributed by atoms with Crippen LogP contribution in [0.25, 0.3) is 0 Å². The van der Waals surface area contributed by atoms with Crippen LogP contribution in [0.5, 0.6) is 0 Å². The minimum atomic E-state index is -0.784. The molecule has 0 spiro atoms. The summed E-state index contributed by atoms with van der Waals surface area (Å²) in [6.07, 6.45) is 2.26. The Morgan fingerprint density at radius 1 is 1.67 bits per heavy atom. The molecule has 1 unspecified atom stereocenters. The number of thiol groups is 1. The fraction of sp³-hybridized carbons (Fsp3) is 0.667. The number of rotatable bonds is 4. The lowest BCUT2D eigenvalue weighted by Crippen LogP contribution is -2.50. The summed E-state index contributed by atoms with van der Waals surface area (Å²) in [7, 11) is 5.62. The van der Waals surface area contributed by atoms with Crippen molar-refractivity contribution < 1.29 is 14.4 Å². The maximum atomic E-state index is 11.1. The van der Waals surface area contributed by atoms with Crippen LogP contribution >= 0.6 is 12.6 Å². The van der Waals surface area contributed by atoms with Gasteiger partial charge in [0.1, 0.15) is 5.50 Å². The topological polar surface area (TPSA) is 61.4 Å². The zero-order valence-electron chi connectivity index (χ0n) is 9.19. The maximum absolute atomic E-state index is 11.1. The van der Waals surface area contributed by atoms with Gasteiger partial charge in [-0.05, 0) is 0 Å². The number of aliphatic carboxylic acids is 1. The third-order valence-corrected chi connectivity index (χ3v) is 2.65. The summed E-state index contributed by atoms with van der Waals surface area (Å²) in [6, 6.07) is -0.454. The van der Waals surface area contributed by atoms with E-state index in [-0.39, 0.29) is 5.50 Å². The number of likely N-dealkylation sites (N-methyl/N-ethyl adjacent to an activating group) is 1. The molecular weight excluding hydrogens is 214 g/mol. The summed E-state index contributed by atoms with van der Waals surface area (Å²) >= 11 is 4.17. The summed E-state index contributed by atoms with van der Waals surface area (Å²) < 4.78 is 0.394. The molecule has 0 saturated heterocycles. The van der Waals surface area contributed by atoms with Gasteiger partial charge >= 0.3 is 5.97 Å². The molecule has 0 amide bonds. The molecule has 1 heterocycles. The molecule has 0 saturated carbocycles. The van der Waals surface area contributed by atoms with Gasteiger partial charge in [-0.2, -0.15) is 0 Å². The van der Waals surface area contributed by atoms with E-state index >= 15 is 0 Å². The van der Waals surface area contributed by atoms with Crippen LogP contribution in [0.2, 0.25) is 0 Å². The van der Waals surface area contributed by atoms with Crippen molar-refractivity contribution in [2.24, 2.45) is 0 Å². The molecule has 1 aliphatic rings. The lowest BCUT2D eigenvalue weighted by Gasteiger charge is -2.31. The molecule has 6 heteroatoms. The number of hydrogen-bond acceptors (Lipinski definition) is 4. The highest BCUT2D eigenvalue weighted by molar-refractivity contribution is 7.80. The molecule has 1 rings (SSSR count). The molecule has 0 aliphatic carbocycles. The van der Waals surface area contributed by atoms with Crippen LogP contribution in [0.3, 0.4) is 0 Å². The van der Waals surface area contributed by atoms with Gasteiger partial charge in [-0.3, -0.25) is 0 Å². The number of hydrogen-bond donors (Lipinski definition) is 4. The lowest BCUT2D eigenvalue weighted by atomic mass is 10.1. The average Bonchev–Trinajstić information content (AvgIpc) is 2.44. The minimum absolute atomic E-state index is 0.109. The second-order valence-electron chi connectivity index (χ2n) is 4.56. The molecule has 0 bridgehead atoms. The number of quaternary nitrogens is 1. The molecule has 0 aromatic heterocycles. The Balaban J connectivity index is 2.64. The normalized spacial score (nSPS) is 22.7. The van der Waals surface area contributed by atoms with Gasteiger partial charge < -0.3 is 20.2 Å². The Morgan fingerprint density at radius 2 is 2.27 bits per heavy atom. The van der Waals surface area contributed by atoms with Crippen molar-refractivity contribution in [3.05, 3.63) is 11.9 Å². The number of nitrogens with zero attached hydrogens (tertiary/aromatic N) is 1. The standard InChI is InChI=1S/C9H17N3O2S/c1-12(2,3)7(8(13)14)4-6-5-10-9(15)11-6/h5,7,9-11H,4H2,1-3H3,(H-,13,14,15)/p+1/t7?,9-/m0/s1. The Bertz CT molecular complexity index is 286. The van der Waals surface area contributed by atoms with Gasteiger partial charge in [0.2, 0.25) is 0 Å². The number of carboxylic acids is 1. The molecule has 2 atom stereocenters. The summed E-state index contributed by atoms with van der Waals surface area (Å²) in [5.41, 5.74) is 0.775.